The highest BCUT2D eigenvalue weighted by atomic mass is 16.5. The van der Waals surface area contributed by atoms with E-state index in [1.165, 1.54) is 6.07 Å². The molecule has 0 amide bonds. The summed E-state index contributed by atoms with van der Waals surface area (Å²) in [5.41, 5.74) is 6.23. The van der Waals surface area contributed by atoms with Crippen LogP contribution in [0.2, 0.25) is 0 Å². The van der Waals surface area contributed by atoms with Gasteiger partial charge in [0.05, 0.1) is 11.1 Å². The molecule has 0 aromatic carbocycles. The SMILES string of the molecule is Cc1noc2nc(N)c(C(=O)O)cc12. The van der Waals surface area contributed by atoms with Gasteiger partial charge in [0.2, 0.25) is 0 Å². The summed E-state index contributed by atoms with van der Waals surface area (Å²) in [7, 11) is 0. The number of carboxylic acid groups (broad SMARTS) is 1. The van der Waals surface area contributed by atoms with Crippen LogP contribution in [0.3, 0.4) is 0 Å². The van der Waals surface area contributed by atoms with Gasteiger partial charge in [-0.2, -0.15) is 4.98 Å². The second-order valence-corrected chi connectivity index (χ2v) is 2.85. The van der Waals surface area contributed by atoms with Crippen LogP contribution in [0, 0.1) is 6.92 Å². The first-order valence-corrected chi connectivity index (χ1v) is 3.85. The van der Waals surface area contributed by atoms with Crippen molar-refractivity contribution in [2.24, 2.45) is 0 Å². The van der Waals surface area contributed by atoms with Crippen LogP contribution >= 0.6 is 0 Å². The number of carbonyl (C=O) groups is 1. The third-order valence-electron chi connectivity index (χ3n) is 1.91. The first-order valence-electron chi connectivity index (χ1n) is 3.85. The van der Waals surface area contributed by atoms with Crippen LogP contribution in [-0.2, 0) is 0 Å². The zero-order valence-electron chi connectivity index (χ0n) is 7.31. The number of aromatic nitrogens is 2. The fourth-order valence-corrected chi connectivity index (χ4v) is 1.17. The van der Waals surface area contributed by atoms with Crippen LogP contribution in [0.25, 0.3) is 11.1 Å². The fraction of sp³-hybridized carbons (Fsp3) is 0.125. The topological polar surface area (TPSA) is 102 Å². The molecule has 0 atom stereocenters. The van der Waals surface area contributed by atoms with Crippen molar-refractivity contribution in [2.75, 3.05) is 5.73 Å². The lowest BCUT2D eigenvalue weighted by atomic mass is 10.2. The van der Waals surface area contributed by atoms with Crippen molar-refractivity contribution in [3.8, 4) is 0 Å². The fourth-order valence-electron chi connectivity index (χ4n) is 1.17. The number of hydrogen-bond donors (Lipinski definition) is 2. The molecule has 2 aromatic heterocycles. The molecule has 72 valence electrons. The lowest BCUT2D eigenvalue weighted by Gasteiger charge is -1.97. The molecule has 0 aliphatic carbocycles. The molecule has 3 N–H and O–H groups in total. The van der Waals surface area contributed by atoms with Crippen molar-refractivity contribution in [3.63, 3.8) is 0 Å². The van der Waals surface area contributed by atoms with E-state index in [4.69, 9.17) is 15.4 Å². The van der Waals surface area contributed by atoms with Crippen LogP contribution in [0.5, 0.6) is 0 Å². The smallest absolute Gasteiger partial charge is 0.339 e. The number of nitrogen functional groups attached to an aromatic ring is 1. The van der Waals surface area contributed by atoms with Gasteiger partial charge < -0.3 is 15.4 Å². The summed E-state index contributed by atoms with van der Waals surface area (Å²) >= 11 is 0. The van der Waals surface area contributed by atoms with Crippen molar-refractivity contribution in [3.05, 3.63) is 17.3 Å². The van der Waals surface area contributed by atoms with Gasteiger partial charge in [-0.3, -0.25) is 0 Å². The average molecular weight is 193 g/mol. The minimum atomic E-state index is -1.11. The van der Waals surface area contributed by atoms with Gasteiger partial charge in [-0.15, -0.1) is 0 Å². The molecule has 0 radical (unpaired) electrons. The van der Waals surface area contributed by atoms with E-state index in [0.717, 1.165) is 0 Å². The predicted molar refractivity (Wildman–Crippen MR) is 47.9 cm³/mol. The first-order chi connectivity index (χ1) is 6.59. The van der Waals surface area contributed by atoms with Crippen molar-refractivity contribution in [1.82, 2.24) is 10.1 Å². The minimum Gasteiger partial charge on any atom is -0.478 e. The van der Waals surface area contributed by atoms with E-state index in [1.54, 1.807) is 6.92 Å². The predicted octanol–water partition coefficient (Wildman–Crippen LogP) is 0.812. The summed E-state index contributed by atoms with van der Waals surface area (Å²) < 4.78 is 4.83. The summed E-state index contributed by atoms with van der Waals surface area (Å²) in [6, 6.07) is 1.41. The van der Waals surface area contributed by atoms with Gasteiger partial charge in [-0.1, -0.05) is 5.16 Å². The Hall–Kier alpha value is -2.11. The number of carboxylic acids is 1. The van der Waals surface area contributed by atoms with Crippen LogP contribution in [0.4, 0.5) is 5.82 Å². The van der Waals surface area contributed by atoms with Gasteiger partial charge in [0.15, 0.2) is 0 Å². The standard InChI is InChI=1S/C8H7N3O3/c1-3-4-2-5(8(12)13)6(9)10-7(4)14-11-3/h2H,1H3,(H2,9,10)(H,12,13). The Balaban J connectivity index is 2.80. The van der Waals surface area contributed by atoms with E-state index in [1.807, 2.05) is 0 Å². The number of hydrogen-bond acceptors (Lipinski definition) is 5. The van der Waals surface area contributed by atoms with Gasteiger partial charge in [0.25, 0.3) is 5.71 Å². The van der Waals surface area contributed by atoms with E-state index >= 15 is 0 Å². The molecule has 0 unspecified atom stereocenters. The highest BCUT2D eigenvalue weighted by molar-refractivity contribution is 5.96. The van der Waals surface area contributed by atoms with Crippen molar-refractivity contribution in [1.29, 1.82) is 0 Å². The molecular formula is C8H7N3O3. The summed E-state index contributed by atoms with van der Waals surface area (Å²) in [6.45, 7) is 1.70. The Kier molecular flexibility index (Phi) is 1.63. The minimum absolute atomic E-state index is 0.0381. The maximum atomic E-state index is 10.7. The summed E-state index contributed by atoms with van der Waals surface area (Å²) in [5, 5.41) is 13.0. The molecule has 0 aliphatic rings. The molecule has 0 aliphatic heterocycles. The molecular weight excluding hydrogens is 186 g/mol. The Bertz CT molecular complexity index is 518. The number of nitrogens with two attached hydrogens (primary N) is 1. The average Bonchev–Trinajstić information content (AvgIpc) is 2.46. The van der Waals surface area contributed by atoms with Gasteiger partial charge in [0, 0.05) is 0 Å². The molecule has 0 spiro atoms. The lowest BCUT2D eigenvalue weighted by molar-refractivity contribution is 0.0698. The van der Waals surface area contributed by atoms with Crippen LogP contribution in [0.1, 0.15) is 16.1 Å². The molecule has 6 nitrogen and oxygen atoms in total. The molecule has 6 heteroatoms. The van der Waals surface area contributed by atoms with Crippen molar-refractivity contribution >= 4 is 22.9 Å². The van der Waals surface area contributed by atoms with E-state index in [2.05, 4.69) is 10.1 Å². The van der Waals surface area contributed by atoms with Crippen LogP contribution in [0.15, 0.2) is 10.6 Å². The zero-order valence-corrected chi connectivity index (χ0v) is 7.31. The molecule has 2 heterocycles. The van der Waals surface area contributed by atoms with Crippen molar-refractivity contribution in [2.45, 2.75) is 6.92 Å². The Labute approximate surface area is 78.3 Å². The zero-order chi connectivity index (χ0) is 10.3. The lowest BCUT2D eigenvalue weighted by Crippen LogP contribution is -2.04. The number of pyridine rings is 1. The highest BCUT2D eigenvalue weighted by Crippen LogP contribution is 2.20. The quantitative estimate of drug-likeness (QED) is 0.694. The van der Waals surface area contributed by atoms with E-state index < -0.39 is 5.97 Å². The van der Waals surface area contributed by atoms with Gasteiger partial charge in [-0.25, -0.2) is 4.79 Å². The number of fused-ring (bicyclic) bond motifs is 1. The largest absolute Gasteiger partial charge is 0.478 e. The first kappa shape index (κ1) is 8.49. The maximum absolute atomic E-state index is 10.7. The van der Waals surface area contributed by atoms with Gasteiger partial charge in [-0.05, 0) is 13.0 Å². The van der Waals surface area contributed by atoms with E-state index in [0.29, 0.717) is 11.1 Å². The van der Waals surface area contributed by atoms with Crippen molar-refractivity contribution < 1.29 is 14.4 Å². The second kappa shape index (κ2) is 2.69. The Morgan fingerprint density at radius 1 is 1.64 bits per heavy atom. The maximum Gasteiger partial charge on any atom is 0.339 e. The number of nitrogens with zero attached hydrogens (tertiary/aromatic N) is 2. The number of rotatable bonds is 1. The highest BCUT2D eigenvalue weighted by Gasteiger charge is 2.14. The third-order valence-corrected chi connectivity index (χ3v) is 1.91. The molecule has 0 saturated heterocycles. The normalized spacial score (nSPS) is 10.6. The summed E-state index contributed by atoms with van der Waals surface area (Å²) in [5.74, 6) is -1.18. The van der Waals surface area contributed by atoms with Crippen LogP contribution in [-0.4, -0.2) is 21.2 Å². The third kappa shape index (κ3) is 1.08. The van der Waals surface area contributed by atoms with Gasteiger partial charge in [0.1, 0.15) is 11.4 Å². The van der Waals surface area contributed by atoms with E-state index in [-0.39, 0.29) is 17.1 Å². The molecule has 0 saturated carbocycles. The van der Waals surface area contributed by atoms with Crippen LogP contribution < -0.4 is 5.73 Å². The second-order valence-electron chi connectivity index (χ2n) is 2.85. The summed E-state index contributed by atoms with van der Waals surface area (Å²) in [4.78, 5) is 14.5. The number of aromatic carboxylic acids is 1. The molecule has 2 rings (SSSR count). The Morgan fingerprint density at radius 2 is 2.36 bits per heavy atom. The summed E-state index contributed by atoms with van der Waals surface area (Å²) in [6.07, 6.45) is 0. The monoisotopic (exact) mass is 193 g/mol. The van der Waals surface area contributed by atoms with E-state index in [9.17, 15) is 4.79 Å². The molecule has 2 aromatic rings. The molecule has 14 heavy (non-hydrogen) atoms. The van der Waals surface area contributed by atoms with Gasteiger partial charge >= 0.3 is 5.97 Å². The molecule has 0 fully saturated rings. The Morgan fingerprint density at radius 3 is 3.00 bits per heavy atom. The molecule has 0 bridgehead atoms. The number of aryl methyl sites for hydroxylation is 1. The number of anilines is 1.